The third kappa shape index (κ3) is 15.0. The zero-order chi connectivity index (χ0) is 37.1. The van der Waals surface area contributed by atoms with Gasteiger partial charge in [-0.3, -0.25) is 9.59 Å². The maximum atomic E-state index is 14.2. The molecule has 2 rings (SSSR count). The fourth-order valence-electron chi connectivity index (χ4n) is 6.17. The van der Waals surface area contributed by atoms with Crippen LogP contribution in [0.2, 0.25) is 19.1 Å². The number of carbonyl (C=O) groups is 2. The number of unbranched alkanes of at least 4 members (excludes halogenated alkanes) is 3. The van der Waals surface area contributed by atoms with Crippen molar-refractivity contribution in [3.05, 3.63) is 82.2 Å². The molecule has 2 aromatic carbocycles. The van der Waals surface area contributed by atoms with Crippen molar-refractivity contribution in [2.24, 2.45) is 15.9 Å². The third-order valence-electron chi connectivity index (χ3n) is 9.17. The number of benzene rings is 2. The quantitative estimate of drug-likeness (QED) is 0.0228. The second kappa shape index (κ2) is 21.2. The molecule has 0 aliphatic heterocycles. The zero-order valence-electron chi connectivity index (χ0n) is 30.7. The van der Waals surface area contributed by atoms with Gasteiger partial charge in [0.1, 0.15) is 0 Å². The van der Waals surface area contributed by atoms with Crippen molar-refractivity contribution < 1.29 is 18.8 Å². The molecule has 0 aliphatic carbocycles. The van der Waals surface area contributed by atoms with Gasteiger partial charge in [-0.1, -0.05) is 90.8 Å². The maximum absolute atomic E-state index is 14.2. The highest BCUT2D eigenvalue weighted by atomic mass is 32.2. The van der Waals surface area contributed by atoms with Crippen LogP contribution >= 0.6 is 24.0 Å². The normalized spacial score (nSPS) is 14.9. The first-order chi connectivity index (χ1) is 23.7. The summed E-state index contributed by atoms with van der Waals surface area (Å²) in [6, 6.07) is 23.3. The Labute approximate surface area is 310 Å². The molecule has 3 unspecified atom stereocenters. The molecule has 3 atom stereocenters. The van der Waals surface area contributed by atoms with Crippen LogP contribution in [0.4, 0.5) is 0 Å². The molecular formula is C38H55N5O4S2Si. The van der Waals surface area contributed by atoms with Crippen LogP contribution in [-0.2, 0) is 23.5 Å². The summed E-state index contributed by atoms with van der Waals surface area (Å²) >= 11 is 7.49. The van der Waals surface area contributed by atoms with E-state index in [1.807, 2.05) is 74.5 Å². The smallest absolute Gasteiger partial charge is 0.311 e. The van der Waals surface area contributed by atoms with Gasteiger partial charge in [0.05, 0.1) is 27.7 Å². The fourth-order valence-corrected chi connectivity index (χ4v) is 9.39. The standard InChI is InChI=1S/C38H55N5O4S2Si/c1-36(30-39,23-22-33(44)41-24-17-27-50(5,6)46-4)28-37(2,35(45)47-26-16-8-7-15-25-42-43-40)29-38(3,32-20-13-10-14-21-32)49-34(48)31-18-11-9-12-19-31/h9-14,18-21H,7-8,15-17,22-29H2,1-6H3,(H,41,44). The van der Waals surface area contributed by atoms with Crippen LogP contribution in [0.25, 0.3) is 10.4 Å². The molecule has 0 saturated carbocycles. The average molecular weight is 738 g/mol. The summed E-state index contributed by atoms with van der Waals surface area (Å²) in [5.41, 5.74) is 8.38. The summed E-state index contributed by atoms with van der Waals surface area (Å²) < 4.78 is 11.6. The van der Waals surface area contributed by atoms with Crippen LogP contribution in [0.1, 0.15) is 89.7 Å². The average Bonchev–Trinajstić information content (AvgIpc) is 3.11. The molecule has 2 aromatic rings. The van der Waals surface area contributed by atoms with Crippen molar-refractivity contribution in [2.45, 2.75) is 102 Å². The van der Waals surface area contributed by atoms with Crippen LogP contribution in [0, 0.1) is 22.2 Å². The highest BCUT2D eigenvalue weighted by molar-refractivity contribution is 8.24. The van der Waals surface area contributed by atoms with E-state index in [9.17, 15) is 14.9 Å². The molecule has 0 bridgehead atoms. The highest BCUT2D eigenvalue weighted by Gasteiger charge is 2.48. The molecule has 0 heterocycles. The first kappa shape index (κ1) is 43.0. The predicted molar refractivity (Wildman–Crippen MR) is 210 cm³/mol. The van der Waals surface area contributed by atoms with Gasteiger partial charge in [-0.2, -0.15) is 5.26 Å². The lowest BCUT2D eigenvalue weighted by Gasteiger charge is -2.41. The van der Waals surface area contributed by atoms with Gasteiger partial charge in [0.15, 0.2) is 8.32 Å². The number of nitrogens with one attached hydrogen (secondary N) is 1. The van der Waals surface area contributed by atoms with Gasteiger partial charge in [-0.05, 0) is 95.1 Å². The third-order valence-corrected chi connectivity index (χ3v) is 13.6. The Morgan fingerprint density at radius 2 is 1.64 bits per heavy atom. The number of nitrogens with zero attached hydrogens (tertiary/aromatic N) is 4. The topological polar surface area (TPSA) is 137 Å². The number of nitriles is 1. The van der Waals surface area contributed by atoms with Crippen molar-refractivity contribution in [3.8, 4) is 6.07 Å². The van der Waals surface area contributed by atoms with Gasteiger partial charge in [-0.25, -0.2) is 0 Å². The van der Waals surface area contributed by atoms with Gasteiger partial charge in [0.2, 0.25) is 5.91 Å². The zero-order valence-corrected chi connectivity index (χ0v) is 33.3. The number of hydrogen-bond acceptors (Lipinski definition) is 8. The van der Waals surface area contributed by atoms with E-state index in [1.165, 1.54) is 0 Å². The molecule has 0 fully saturated rings. The first-order valence-electron chi connectivity index (χ1n) is 17.5. The minimum atomic E-state index is -1.70. The van der Waals surface area contributed by atoms with E-state index in [0.717, 1.165) is 42.9 Å². The Hall–Kier alpha value is -3.20. The van der Waals surface area contributed by atoms with Crippen molar-refractivity contribution in [3.63, 3.8) is 0 Å². The molecule has 0 saturated heterocycles. The second-order valence-electron chi connectivity index (χ2n) is 14.4. The summed E-state index contributed by atoms with van der Waals surface area (Å²) in [4.78, 5) is 29.9. The monoisotopic (exact) mass is 737 g/mol. The van der Waals surface area contributed by atoms with E-state index in [2.05, 4.69) is 41.4 Å². The van der Waals surface area contributed by atoms with Gasteiger partial charge in [-0.15, -0.1) is 11.8 Å². The highest BCUT2D eigenvalue weighted by Crippen LogP contribution is 2.51. The Bertz CT molecular complexity index is 1470. The minimum Gasteiger partial charge on any atom is -0.465 e. The van der Waals surface area contributed by atoms with Crippen LogP contribution < -0.4 is 5.32 Å². The lowest BCUT2D eigenvalue weighted by atomic mass is 9.67. The lowest BCUT2D eigenvalue weighted by molar-refractivity contribution is -0.157. The van der Waals surface area contributed by atoms with E-state index < -0.39 is 23.9 Å². The Balaban J connectivity index is 2.31. The second-order valence-corrected chi connectivity index (χ2v) is 21.0. The van der Waals surface area contributed by atoms with Crippen LogP contribution in [0.15, 0.2) is 65.8 Å². The van der Waals surface area contributed by atoms with Gasteiger partial charge in [0, 0.05) is 36.3 Å². The molecule has 50 heavy (non-hydrogen) atoms. The number of esters is 1. The van der Waals surface area contributed by atoms with Gasteiger partial charge < -0.3 is 14.5 Å². The first-order valence-corrected chi connectivity index (χ1v) is 21.8. The summed E-state index contributed by atoms with van der Waals surface area (Å²) in [5, 5.41) is 17.1. The Morgan fingerprint density at radius 1 is 1.00 bits per heavy atom. The molecule has 272 valence electrons. The fraction of sp³-hybridized carbons (Fsp3) is 0.579. The SMILES string of the molecule is CO[Si](C)(C)CCCNC(=O)CCC(C)(C#N)CC(C)(CC(C)(SC(=S)c1ccccc1)c1ccccc1)C(=O)OCCCCCCN=[N+]=[N-]. The predicted octanol–water partition coefficient (Wildman–Crippen LogP) is 9.88. The van der Waals surface area contributed by atoms with Crippen LogP contribution in [0.5, 0.6) is 0 Å². The Kier molecular flexibility index (Phi) is 18.2. The summed E-state index contributed by atoms with van der Waals surface area (Å²) in [5.74, 6) is -0.471. The van der Waals surface area contributed by atoms with E-state index in [-0.39, 0.29) is 31.3 Å². The van der Waals surface area contributed by atoms with Crippen molar-refractivity contribution >= 4 is 48.4 Å². The van der Waals surface area contributed by atoms with Crippen molar-refractivity contribution in [2.75, 3.05) is 26.8 Å². The van der Waals surface area contributed by atoms with E-state index in [0.29, 0.717) is 36.5 Å². The van der Waals surface area contributed by atoms with E-state index in [4.69, 9.17) is 26.9 Å². The van der Waals surface area contributed by atoms with Crippen LogP contribution in [-0.4, -0.2) is 51.2 Å². The number of thioether (sulfide) groups is 1. The summed E-state index contributed by atoms with van der Waals surface area (Å²) in [6.07, 6.45) is 5.06. The number of rotatable bonds is 23. The van der Waals surface area contributed by atoms with Gasteiger partial charge >= 0.3 is 5.97 Å². The molecule has 0 aliphatic rings. The van der Waals surface area contributed by atoms with Crippen molar-refractivity contribution in [1.29, 1.82) is 5.26 Å². The number of carbonyl (C=O) groups excluding carboxylic acids is 2. The van der Waals surface area contributed by atoms with Crippen molar-refractivity contribution in [1.82, 2.24) is 5.32 Å². The van der Waals surface area contributed by atoms with E-state index in [1.54, 1.807) is 18.9 Å². The number of hydrogen-bond donors (Lipinski definition) is 1. The van der Waals surface area contributed by atoms with Gasteiger partial charge in [0.25, 0.3) is 0 Å². The summed E-state index contributed by atoms with van der Waals surface area (Å²) in [6.45, 7) is 11.4. The summed E-state index contributed by atoms with van der Waals surface area (Å²) in [7, 11) is 0.0419. The molecule has 0 radical (unpaired) electrons. The molecule has 0 spiro atoms. The number of ether oxygens (including phenoxy) is 1. The van der Waals surface area contributed by atoms with E-state index >= 15 is 0 Å². The molecule has 1 amide bonds. The number of amides is 1. The molecule has 1 N–H and O–H groups in total. The number of thiocarbonyl (C=S) groups is 1. The molecule has 0 aromatic heterocycles. The minimum absolute atomic E-state index is 0.106. The number of azide groups is 1. The molecular weight excluding hydrogens is 683 g/mol. The molecule has 12 heteroatoms. The largest absolute Gasteiger partial charge is 0.465 e. The maximum Gasteiger partial charge on any atom is 0.311 e. The van der Waals surface area contributed by atoms with Crippen LogP contribution in [0.3, 0.4) is 0 Å². The lowest BCUT2D eigenvalue weighted by Crippen LogP contribution is -2.41. The molecule has 9 nitrogen and oxygen atoms in total. The Morgan fingerprint density at radius 3 is 2.26 bits per heavy atom.